The molecule has 0 spiro atoms. The van der Waals surface area contributed by atoms with Gasteiger partial charge in [-0.2, -0.15) is 0 Å². The minimum absolute atomic E-state index is 0.141. The van der Waals surface area contributed by atoms with Gasteiger partial charge in [0.05, 0.1) is 5.69 Å². The number of anilines is 1. The molecule has 1 saturated heterocycles. The Kier molecular flexibility index (Phi) is 6.50. The number of carbonyl (C=O) groups excluding carboxylic acids is 2. The molecule has 1 aromatic rings. The predicted octanol–water partition coefficient (Wildman–Crippen LogP) is 3.41. The lowest BCUT2D eigenvalue weighted by Crippen LogP contribution is -2.44. The Morgan fingerprint density at radius 2 is 1.87 bits per heavy atom. The topological polar surface area (TPSA) is 88.2 Å². The molecule has 1 fully saturated rings. The Bertz CT molecular complexity index is 820. The highest BCUT2D eigenvalue weighted by Crippen LogP contribution is 2.32. The Hall–Kier alpha value is -2.41. The van der Waals surface area contributed by atoms with Gasteiger partial charge in [0, 0.05) is 36.8 Å². The number of rotatable bonds is 3. The molecule has 0 radical (unpaired) electrons. The van der Waals surface area contributed by atoms with Crippen LogP contribution in [0.5, 0.6) is 0 Å². The Balaban J connectivity index is 1.83. The van der Waals surface area contributed by atoms with Gasteiger partial charge in [0.15, 0.2) is 6.17 Å². The van der Waals surface area contributed by atoms with Crippen LogP contribution in [0.4, 0.5) is 10.5 Å². The number of likely N-dealkylation sites (tertiary alicyclic amines) is 1. The Labute approximate surface area is 179 Å². The van der Waals surface area contributed by atoms with E-state index in [-0.39, 0.29) is 17.9 Å². The smallest absolute Gasteiger partial charge is 0.410 e. The fraction of sp³-hybridized carbons (Fsp3) is 0.609. The van der Waals surface area contributed by atoms with Gasteiger partial charge in [-0.25, -0.2) is 4.79 Å². The molecule has 2 N–H and O–H groups in total. The van der Waals surface area contributed by atoms with Gasteiger partial charge < -0.3 is 20.3 Å². The van der Waals surface area contributed by atoms with Gasteiger partial charge in [-0.15, -0.1) is 0 Å². The zero-order chi connectivity index (χ0) is 22.1. The van der Waals surface area contributed by atoms with Crippen molar-refractivity contribution < 1.29 is 14.3 Å². The molecule has 3 rings (SSSR count). The second-order valence-electron chi connectivity index (χ2n) is 9.56. The maximum absolute atomic E-state index is 13.0. The second-order valence-corrected chi connectivity index (χ2v) is 9.56. The fourth-order valence-electron chi connectivity index (χ4n) is 4.02. The molecule has 7 nitrogen and oxygen atoms in total. The summed E-state index contributed by atoms with van der Waals surface area (Å²) >= 11 is 0. The van der Waals surface area contributed by atoms with Crippen LogP contribution >= 0.6 is 0 Å². The number of aliphatic imine (C=N–C) groups is 1. The number of carbonyl (C=O) groups is 2. The number of nitrogens with zero attached hydrogens (tertiary/aromatic N) is 3. The summed E-state index contributed by atoms with van der Waals surface area (Å²) in [6.07, 6.45) is 0.337. The molecule has 0 aliphatic carbocycles. The first-order valence-electron chi connectivity index (χ1n) is 10.8. The van der Waals surface area contributed by atoms with Crippen LogP contribution in [0.2, 0.25) is 0 Å². The van der Waals surface area contributed by atoms with Gasteiger partial charge in [0.25, 0.3) is 5.91 Å². The molecule has 2 aliphatic rings. The van der Waals surface area contributed by atoms with E-state index in [1.54, 1.807) is 9.80 Å². The summed E-state index contributed by atoms with van der Waals surface area (Å²) in [5, 5.41) is 0. The van der Waals surface area contributed by atoms with E-state index in [2.05, 4.69) is 18.8 Å². The number of hydrogen-bond acceptors (Lipinski definition) is 5. The third-order valence-corrected chi connectivity index (χ3v) is 5.35. The average molecular weight is 415 g/mol. The minimum atomic E-state index is -0.907. The van der Waals surface area contributed by atoms with E-state index in [1.165, 1.54) is 0 Å². The van der Waals surface area contributed by atoms with E-state index in [1.807, 2.05) is 45.0 Å². The van der Waals surface area contributed by atoms with Crippen molar-refractivity contribution in [3.8, 4) is 0 Å². The van der Waals surface area contributed by atoms with Crippen LogP contribution in [-0.2, 0) is 9.53 Å². The number of para-hydroxylation sites is 1. The number of piperidine rings is 1. The summed E-state index contributed by atoms with van der Waals surface area (Å²) in [5.41, 5.74) is 8.41. The summed E-state index contributed by atoms with van der Waals surface area (Å²) in [4.78, 5) is 33.6. The molecule has 2 heterocycles. The van der Waals surface area contributed by atoms with Gasteiger partial charge in [0.2, 0.25) is 0 Å². The van der Waals surface area contributed by atoms with Gasteiger partial charge in [0.1, 0.15) is 5.60 Å². The van der Waals surface area contributed by atoms with Crippen molar-refractivity contribution in [1.29, 1.82) is 0 Å². The number of hydrogen-bond donors (Lipinski definition) is 1. The van der Waals surface area contributed by atoms with Crippen LogP contribution in [0.3, 0.4) is 0 Å². The average Bonchev–Trinajstić information content (AvgIpc) is 2.77. The molecular weight excluding hydrogens is 380 g/mol. The highest BCUT2D eigenvalue weighted by molar-refractivity contribution is 6.13. The first-order valence-corrected chi connectivity index (χ1v) is 10.8. The number of nitrogens with two attached hydrogens (primary N) is 1. The van der Waals surface area contributed by atoms with Crippen molar-refractivity contribution in [2.75, 3.05) is 24.5 Å². The van der Waals surface area contributed by atoms with E-state index >= 15 is 0 Å². The maximum Gasteiger partial charge on any atom is 0.410 e. The standard InChI is InChI=1S/C23H34N4O3/c1-15(2)14-27-18-9-7-6-8-17(18)19(25-20(24)21(27)28)16-10-12-26(13-11-16)22(29)30-23(3,4)5/h6-9,15-16,20H,10-14,24H2,1-5H3. The monoisotopic (exact) mass is 414 g/mol. The van der Waals surface area contributed by atoms with Crippen molar-refractivity contribution >= 4 is 23.4 Å². The number of amides is 2. The summed E-state index contributed by atoms with van der Waals surface area (Å²) in [7, 11) is 0. The van der Waals surface area contributed by atoms with Crippen molar-refractivity contribution in [2.24, 2.45) is 22.6 Å². The molecule has 0 aromatic heterocycles. The summed E-state index contributed by atoms with van der Waals surface area (Å²) < 4.78 is 5.50. The van der Waals surface area contributed by atoms with Gasteiger partial charge in [-0.05, 0) is 45.6 Å². The number of ether oxygens (including phenoxy) is 1. The number of benzodiazepines with no additional fused rings is 1. The predicted molar refractivity (Wildman–Crippen MR) is 119 cm³/mol. The highest BCUT2D eigenvalue weighted by Gasteiger charge is 2.35. The molecule has 2 aliphatic heterocycles. The lowest BCUT2D eigenvalue weighted by atomic mass is 9.87. The second kappa shape index (κ2) is 8.76. The van der Waals surface area contributed by atoms with E-state index in [0.29, 0.717) is 25.6 Å². The molecule has 1 unspecified atom stereocenters. The molecule has 30 heavy (non-hydrogen) atoms. The molecule has 164 valence electrons. The van der Waals surface area contributed by atoms with Crippen molar-refractivity contribution in [1.82, 2.24) is 4.90 Å². The first kappa shape index (κ1) is 22.3. The molecule has 1 aromatic carbocycles. The van der Waals surface area contributed by atoms with Gasteiger partial charge in [-0.1, -0.05) is 32.0 Å². The van der Waals surface area contributed by atoms with Crippen LogP contribution in [0.1, 0.15) is 53.0 Å². The molecule has 0 bridgehead atoms. The van der Waals surface area contributed by atoms with Crippen LogP contribution < -0.4 is 10.6 Å². The Morgan fingerprint density at radius 3 is 2.47 bits per heavy atom. The highest BCUT2D eigenvalue weighted by atomic mass is 16.6. The molecule has 1 atom stereocenters. The summed E-state index contributed by atoms with van der Waals surface area (Å²) in [5.74, 6) is 0.285. The molecular formula is C23H34N4O3. The maximum atomic E-state index is 13.0. The zero-order valence-electron chi connectivity index (χ0n) is 18.7. The third-order valence-electron chi connectivity index (χ3n) is 5.35. The van der Waals surface area contributed by atoms with E-state index in [9.17, 15) is 9.59 Å². The van der Waals surface area contributed by atoms with Crippen LogP contribution in [0, 0.1) is 11.8 Å². The van der Waals surface area contributed by atoms with E-state index < -0.39 is 11.8 Å². The molecule has 0 saturated carbocycles. The first-order chi connectivity index (χ1) is 14.1. The molecule has 2 amide bonds. The largest absolute Gasteiger partial charge is 0.444 e. The number of benzene rings is 1. The summed E-state index contributed by atoms with van der Waals surface area (Å²) in [6.45, 7) is 11.6. The quantitative estimate of drug-likeness (QED) is 0.821. The SMILES string of the molecule is CC(C)CN1C(=O)C(N)N=C(C2CCN(C(=O)OC(C)(C)C)CC2)c2ccccc21. The molecule has 7 heteroatoms. The summed E-state index contributed by atoms with van der Waals surface area (Å²) in [6, 6.07) is 7.91. The van der Waals surface area contributed by atoms with Crippen molar-refractivity contribution in [2.45, 2.75) is 59.2 Å². The third kappa shape index (κ3) is 5.01. The lowest BCUT2D eigenvalue weighted by Gasteiger charge is -2.34. The van der Waals surface area contributed by atoms with Crippen LogP contribution in [0.25, 0.3) is 0 Å². The van der Waals surface area contributed by atoms with Crippen LogP contribution in [0.15, 0.2) is 29.3 Å². The van der Waals surface area contributed by atoms with Gasteiger partial charge in [-0.3, -0.25) is 9.79 Å². The zero-order valence-corrected chi connectivity index (χ0v) is 18.7. The van der Waals surface area contributed by atoms with E-state index in [4.69, 9.17) is 10.5 Å². The fourth-order valence-corrected chi connectivity index (χ4v) is 4.02. The van der Waals surface area contributed by atoms with Crippen LogP contribution in [-0.4, -0.2) is 54.0 Å². The normalized spacial score (nSPS) is 20.7. The van der Waals surface area contributed by atoms with E-state index in [0.717, 1.165) is 29.8 Å². The van der Waals surface area contributed by atoms with Crippen molar-refractivity contribution in [3.63, 3.8) is 0 Å². The lowest BCUT2D eigenvalue weighted by molar-refractivity contribution is -0.119. The van der Waals surface area contributed by atoms with Crippen molar-refractivity contribution in [3.05, 3.63) is 29.8 Å². The number of fused-ring (bicyclic) bond motifs is 1. The minimum Gasteiger partial charge on any atom is -0.444 e. The van der Waals surface area contributed by atoms with Gasteiger partial charge >= 0.3 is 6.09 Å². The Morgan fingerprint density at radius 1 is 1.23 bits per heavy atom.